The van der Waals surface area contributed by atoms with Crippen molar-refractivity contribution in [3.8, 4) is 5.75 Å². The Balaban J connectivity index is 2.16. The predicted octanol–water partition coefficient (Wildman–Crippen LogP) is 3.71. The predicted molar refractivity (Wildman–Crippen MR) is 75.1 cm³/mol. The SMILES string of the molecule is COc1cccc(NC(=O)c2cccc(Br)c2)c1. The lowest BCUT2D eigenvalue weighted by molar-refractivity contribution is 0.102. The molecule has 1 N–H and O–H groups in total. The van der Waals surface area contributed by atoms with E-state index in [2.05, 4.69) is 21.2 Å². The summed E-state index contributed by atoms with van der Waals surface area (Å²) < 4.78 is 5.98. The molecule has 18 heavy (non-hydrogen) atoms. The average molecular weight is 306 g/mol. The van der Waals surface area contributed by atoms with Gasteiger partial charge in [0.25, 0.3) is 5.91 Å². The van der Waals surface area contributed by atoms with Crippen molar-refractivity contribution >= 4 is 27.5 Å². The minimum Gasteiger partial charge on any atom is -0.497 e. The molecule has 0 saturated heterocycles. The third kappa shape index (κ3) is 3.11. The molecule has 0 saturated carbocycles. The first kappa shape index (κ1) is 12.6. The summed E-state index contributed by atoms with van der Waals surface area (Å²) in [4.78, 5) is 12.0. The van der Waals surface area contributed by atoms with Gasteiger partial charge >= 0.3 is 0 Å². The first-order valence-corrected chi connectivity index (χ1v) is 6.19. The van der Waals surface area contributed by atoms with Gasteiger partial charge in [-0.3, -0.25) is 4.79 Å². The molecule has 2 aromatic rings. The maximum atomic E-state index is 12.0. The Morgan fingerprint density at radius 1 is 1.17 bits per heavy atom. The molecule has 0 spiro atoms. The number of methoxy groups -OCH3 is 1. The molecule has 2 aromatic carbocycles. The van der Waals surface area contributed by atoms with Crippen LogP contribution in [0.3, 0.4) is 0 Å². The fraction of sp³-hybridized carbons (Fsp3) is 0.0714. The highest BCUT2D eigenvalue weighted by Gasteiger charge is 2.06. The summed E-state index contributed by atoms with van der Waals surface area (Å²) in [6.45, 7) is 0. The fourth-order valence-electron chi connectivity index (χ4n) is 1.53. The molecular formula is C14H12BrNO2. The van der Waals surface area contributed by atoms with Crippen LogP contribution in [0.4, 0.5) is 5.69 Å². The van der Waals surface area contributed by atoms with Gasteiger partial charge in [0.05, 0.1) is 7.11 Å². The van der Waals surface area contributed by atoms with E-state index >= 15 is 0 Å². The minimum absolute atomic E-state index is 0.149. The van der Waals surface area contributed by atoms with Crippen molar-refractivity contribution in [2.24, 2.45) is 0 Å². The van der Waals surface area contributed by atoms with Crippen LogP contribution < -0.4 is 10.1 Å². The quantitative estimate of drug-likeness (QED) is 0.939. The molecule has 0 aliphatic carbocycles. The van der Waals surface area contributed by atoms with Crippen molar-refractivity contribution < 1.29 is 9.53 Å². The summed E-state index contributed by atoms with van der Waals surface area (Å²) in [6, 6.07) is 14.5. The van der Waals surface area contributed by atoms with Gasteiger partial charge in [0, 0.05) is 21.8 Å². The number of carbonyl (C=O) groups is 1. The summed E-state index contributed by atoms with van der Waals surface area (Å²) in [5.74, 6) is 0.562. The molecule has 0 radical (unpaired) electrons. The molecule has 4 heteroatoms. The number of ether oxygens (including phenoxy) is 1. The van der Waals surface area contributed by atoms with Crippen LogP contribution in [-0.2, 0) is 0 Å². The zero-order valence-electron chi connectivity index (χ0n) is 9.81. The van der Waals surface area contributed by atoms with E-state index in [9.17, 15) is 4.79 Å². The molecule has 0 atom stereocenters. The van der Waals surface area contributed by atoms with Crippen LogP contribution in [0.25, 0.3) is 0 Å². The summed E-state index contributed by atoms with van der Waals surface area (Å²) in [5.41, 5.74) is 1.31. The molecule has 92 valence electrons. The van der Waals surface area contributed by atoms with E-state index in [1.54, 1.807) is 25.3 Å². The van der Waals surface area contributed by atoms with Crippen LogP contribution in [0.5, 0.6) is 5.75 Å². The molecule has 0 fully saturated rings. The van der Waals surface area contributed by atoms with Crippen molar-refractivity contribution in [2.45, 2.75) is 0 Å². The number of hydrogen-bond acceptors (Lipinski definition) is 2. The number of rotatable bonds is 3. The van der Waals surface area contributed by atoms with Gasteiger partial charge in [-0.25, -0.2) is 0 Å². The molecular weight excluding hydrogens is 294 g/mol. The number of anilines is 1. The maximum Gasteiger partial charge on any atom is 0.255 e. The van der Waals surface area contributed by atoms with E-state index in [0.29, 0.717) is 17.0 Å². The minimum atomic E-state index is -0.149. The van der Waals surface area contributed by atoms with E-state index in [0.717, 1.165) is 4.47 Å². The Kier molecular flexibility index (Phi) is 3.99. The molecule has 0 aliphatic rings. The lowest BCUT2D eigenvalue weighted by atomic mass is 10.2. The van der Waals surface area contributed by atoms with Gasteiger partial charge < -0.3 is 10.1 Å². The van der Waals surface area contributed by atoms with E-state index < -0.39 is 0 Å². The van der Waals surface area contributed by atoms with Crippen molar-refractivity contribution in [1.29, 1.82) is 0 Å². The Morgan fingerprint density at radius 3 is 2.67 bits per heavy atom. The van der Waals surface area contributed by atoms with Gasteiger partial charge in [-0.2, -0.15) is 0 Å². The lowest BCUT2D eigenvalue weighted by Gasteiger charge is -2.07. The monoisotopic (exact) mass is 305 g/mol. The Hall–Kier alpha value is -1.81. The summed E-state index contributed by atoms with van der Waals surface area (Å²) >= 11 is 3.34. The highest BCUT2D eigenvalue weighted by molar-refractivity contribution is 9.10. The van der Waals surface area contributed by atoms with Crippen LogP contribution in [0.15, 0.2) is 53.0 Å². The summed E-state index contributed by atoms with van der Waals surface area (Å²) in [7, 11) is 1.59. The number of nitrogens with one attached hydrogen (secondary N) is 1. The second-order valence-electron chi connectivity index (χ2n) is 3.70. The summed E-state index contributed by atoms with van der Waals surface area (Å²) in [5, 5.41) is 2.82. The first-order chi connectivity index (χ1) is 8.69. The number of carbonyl (C=O) groups excluding carboxylic acids is 1. The van der Waals surface area contributed by atoms with Gasteiger partial charge in [-0.1, -0.05) is 28.1 Å². The third-order valence-corrected chi connectivity index (χ3v) is 2.91. The Morgan fingerprint density at radius 2 is 1.94 bits per heavy atom. The normalized spacial score (nSPS) is 9.89. The van der Waals surface area contributed by atoms with Crippen molar-refractivity contribution in [3.63, 3.8) is 0 Å². The van der Waals surface area contributed by atoms with Crippen molar-refractivity contribution in [2.75, 3.05) is 12.4 Å². The van der Waals surface area contributed by atoms with Crippen LogP contribution in [-0.4, -0.2) is 13.0 Å². The van der Waals surface area contributed by atoms with Gasteiger partial charge in [0.15, 0.2) is 0 Å². The molecule has 3 nitrogen and oxygen atoms in total. The number of amides is 1. The standard InChI is InChI=1S/C14H12BrNO2/c1-18-13-7-3-6-12(9-13)16-14(17)10-4-2-5-11(15)8-10/h2-9H,1H3,(H,16,17). The molecule has 1 amide bonds. The molecule has 0 aliphatic heterocycles. The van der Waals surface area contributed by atoms with Gasteiger partial charge in [0.1, 0.15) is 5.75 Å². The van der Waals surface area contributed by atoms with Crippen LogP contribution >= 0.6 is 15.9 Å². The van der Waals surface area contributed by atoms with Crippen LogP contribution in [0.1, 0.15) is 10.4 Å². The van der Waals surface area contributed by atoms with Gasteiger partial charge in [-0.05, 0) is 30.3 Å². The van der Waals surface area contributed by atoms with Crippen molar-refractivity contribution in [1.82, 2.24) is 0 Å². The Labute approximate surface area is 114 Å². The van der Waals surface area contributed by atoms with Crippen molar-refractivity contribution in [3.05, 3.63) is 58.6 Å². The highest BCUT2D eigenvalue weighted by Crippen LogP contribution is 2.18. The number of halogens is 1. The highest BCUT2D eigenvalue weighted by atomic mass is 79.9. The Bertz CT molecular complexity index is 569. The number of hydrogen-bond donors (Lipinski definition) is 1. The second-order valence-corrected chi connectivity index (χ2v) is 4.61. The lowest BCUT2D eigenvalue weighted by Crippen LogP contribution is -2.11. The van der Waals surface area contributed by atoms with E-state index in [4.69, 9.17) is 4.74 Å². The zero-order valence-corrected chi connectivity index (χ0v) is 11.4. The summed E-state index contributed by atoms with van der Waals surface area (Å²) in [6.07, 6.45) is 0. The van der Waals surface area contributed by atoms with Gasteiger partial charge in [-0.15, -0.1) is 0 Å². The molecule has 0 heterocycles. The molecule has 0 bridgehead atoms. The van der Waals surface area contributed by atoms with Crippen LogP contribution in [0, 0.1) is 0 Å². The van der Waals surface area contributed by atoms with E-state index in [1.807, 2.05) is 30.3 Å². The van der Waals surface area contributed by atoms with Gasteiger partial charge in [0.2, 0.25) is 0 Å². The number of benzene rings is 2. The smallest absolute Gasteiger partial charge is 0.255 e. The second kappa shape index (κ2) is 5.69. The first-order valence-electron chi connectivity index (χ1n) is 5.40. The van der Waals surface area contributed by atoms with E-state index in [-0.39, 0.29) is 5.91 Å². The maximum absolute atomic E-state index is 12.0. The topological polar surface area (TPSA) is 38.3 Å². The molecule has 2 rings (SSSR count). The van der Waals surface area contributed by atoms with E-state index in [1.165, 1.54) is 0 Å². The molecule has 0 aromatic heterocycles. The average Bonchev–Trinajstić information content (AvgIpc) is 2.39. The molecule has 0 unspecified atom stereocenters. The fourth-order valence-corrected chi connectivity index (χ4v) is 1.93. The third-order valence-electron chi connectivity index (χ3n) is 2.41. The zero-order chi connectivity index (χ0) is 13.0. The van der Waals surface area contributed by atoms with Crippen LogP contribution in [0.2, 0.25) is 0 Å². The largest absolute Gasteiger partial charge is 0.497 e.